The van der Waals surface area contributed by atoms with Gasteiger partial charge < -0.3 is 0 Å². The van der Waals surface area contributed by atoms with Gasteiger partial charge in [0, 0.05) is 15.9 Å². The minimum atomic E-state index is -2.08. The summed E-state index contributed by atoms with van der Waals surface area (Å²) in [5.74, 6) is 0. The van der Waals surface area contributed by atoms with Crippen LogP contribution in [0.25, 0.3) is 0 Å². The van der Waals surface area contributed by atoms with E-state index in [0.29, 0.717) is 0 Å². The van der Waals surface area contributed by atoms with Crippen molar-refractivity contribution in [2.75, 3.05) is 0 Å². The van der Waals surface area contributed by atoms with Gasteiger partial charge in [0.15, 0.2) is 0 Å². The average molecular weight is 166 g/mol. The van der Waals surface area contributed by atoms with E-state index in [0.717, 1.165) is 12.8 Å². The summed E-state index contributed by atoms with van der Waals surface area (Å²) in [6.07, 6.45) is -0.212. The summed E-state index contributed by atoms with van der Waals surface area (Å²) in [5.41, 5.74) is 0. The van der Waals surface area contributed by atoms with Gasteiger partial charge >= 0.3 is 0 Å². The van der Waals surface area contributed by atoms with Crippen molar-refractivity contribution in [3.63, 3.8) is 0 Å². The van der Waals surface area contributed by atoms with Crippen LogP contribution in [0.4, 0.5) is 8.78 Å². The Balaban J connectivity index is 2.77. The molecular weight excluding hydrogens is 150 g/mol. The molecule has 3 heteroatoms. The summed E-state index contributed by atoms with van der Waals surface area (Å²) >= 11 is 0. The molecule has 0 saturated heterocycles. The van der Waals surface area contributed by atoms with Crippen LogP contribution >= 0.6 is 0 Å². The van der Waals surface area contributed by atoms with Crippen LogP contribution in [-0.2, 0) is 0 Å². The highest BCUT2D eigenvalue weighted by molar-refractivity contribution is 6.35. The lowest BCUT2D eigenvalue weighted by atomic mass is 10.3. The van der Waals surface area contributed by atoms with Gasteiger partial charge in [-0.05, 0) is 6.42 Å². The largest absolute Gasteiger partial charge is 0.238 e. The Morgan fingerprint density at radius 2 is 2.00 bits per heavy atom. The number of alkyl halides is 2. The van der Waals surface area contributed by atoms with Crippen LogP contribution in [-0.4, -0.2) is 15.9 Å². The molecule has 0 heterocycles. The first kappa shape index (κ1) is 10.1. The van der Waals surface area contributed by atoms with Gasteiger partial charge in [-0.1, -0.05) is 25.4 Å². The maximum absolute atomic E-state index is 11.6. The van der Waals surface area contributed by atoms with Crippen molar-refractivity contribution < 1.29 is 8.78 Å². The molecule has 0 aromatic rings. The standard InChI is InChI=1S/C7H16F2Si/c1-2-10-6-4-3-5-7(8)9/h7H,2-6,10H2,1H3. The van der Waals surface area contributed by atoms with E-state index < -0.39 is 6.43 Å². The monoisotopic (exact) mass is 166 g/mol. The van der Waals surface area contributed by atoms with Gasteiger partial charge in [-0.15, -0.1) is 0 Å². The van der Waals surface area contributed by atoms with E-state index in [1.54, 1.807) is 0 Å². The Kier molecular flexibility index (Phi) is 7.24. The SMILES string of the molecule is CC[SiH2]CCCCC(F)F. The fraction of sp³-hybridized carbons (Fsp3) is 1.00. The van der Waals surface area contributed by atoms with Crippen molar-refractivity contribution in [3.8, 4) is 0 Å². The first-order valence-electron chi connectivity index (χ1n) is 4.05. The van der Waals surface area contributed by atoms with Gasteiger partial charge in [-0.25, -0.2) is 8.78 Å². The smallest absolute Gasteiger partial charge is 0.211 e. The van der Waals surface area contributed by atoms with Gasteiger partial charge in [0.1, 0.15) is 0 Å². The highest BCUT2D eigenvalue weighted by atomic mass is 28.2. The summed E-state index contributed by atoms with van der Waals surface area (Å²) in [5, 5.41) is 0. The van der Waals surface area contributed by atoms with Crippen LogP contribution in [0.5, 0.6) is 0 Å². The van der Waals surface area contributed by atoms with E-state index >= 15 is 0 Å². The van der Waals surface area contributed by atoms with Crippen LogP contribution in [0.3, 0.4) is 0 Å². The normalized spacial score (nSPS) is 12.0. The number of halogens is 2. The molecule has 0 radical (unpaired) electrons. The fourth-order valence-corrected chi connectivity index (χ4v) is 2.11. The lowest BCUT2D eigenvalue weighted by molar-refractivity contribution is 0.134. The van der Waals surface area contributed by atoms with Crippen LogP contribution < -0.4 is 0 Å². The highest BCUT2D eigenvalue weighted by Crippen LogP contribution is 2.07. The summed E-state index contributed by atoms with van der Waals surface area (Å²) < 4.78 is 23.1. The molecule has 0 nitrogen and oxygen atoms in total. The van der Waals surface area contributed by atoms with Crippen molar-refractivity contribution >= 4 is 9.52 Å². The first-order chi connectivity index (χ1) is 4.77. The predicted molar refractivity (Wildman–Crippen MR) is 43.7 cm³/mol. The molecule has 0 aliphatic rings. The Hall–Kier alpha value is 0.0769. The second-order valence-corrected chi connectivity index (χ2v) is 5.01. The van der Waals surface area contributed by atoms with E-state index in [2.05, 4.69) is 6.92 Å². The Morgan fingerprint density at radius 1 is 1.30 bits per heavy atom. The van der Waals surface area contributed by atoms with Crippen LogP contribution in [0.2, 0.25) is 12.1 Å². The molecule has 0 rings (SSSR count). The molecule has 0 aromatic heterocycles. The molecule has 0 atom stereocenters. The van der Waals surface area contributed by atoms with Crippen LogP contribution in [0, 0.1) is 0 Å². The molecule has 0 bridgehead atoms. The highest BCUT2D eigenvalue weighted by Gasteiger charge is 1.99. The molecular formula is C7H16F2Si. The minimum Gasteiger partial charge on any atom is -0.211 e. The summed E-state index contributed by atoms with van der Waals surface area (Å²) in [6.45, 7) is 2.18. The second-order valence-electron chi connectivity index (χ2n) is 2.59. The van der Waals surface area contributed by atoms with Crippen molar-refractivity contribution in [2.45, 2.75) is 44.7 Å². The molecule has 0 aromatic carbocycles. The van der Waals surface area contributed by atoms with E-state index in [4.69, 9.17) is 0 Å². The zero-order valence-corrected chi connectivity index (χ0v) is 7.99. The van der Waals surface area contributed by atoms with E-state index in [9.17, 15) is 8.78 Å². The van der Waals surface area contributed by atoms with Gasteiger partial charge in [0.2, 0.25) is 6.43 Å². The predicted octanol–water partition coefficient (Wildman–Crippen LogP) is 2.45. The zero-order chi connectivity index (χ0) is 7.82. The maximum Gasteiger partial charge on any atom is 0.238 e. The molecule has 0 aliphatic heterocycles. The molecule has 0 unspecified atom stereocenters. The van der Waals surface area contributed by atoms with Crippen molar-refractivity contribution in [3.05, 3.63) is 0 Å². The summed E-state index contributed by atoms with van der Waals surface area (Å²) in [6, 6.07) is 2.57. The number of hydrogen-bond donors (Lipinski definition) is 0. The molecule has 0 fully saturated rings. The quantitative estimate of drug-likeness (QED) is 0.420. The third kappa shape index (κ3) is 8.08. The molecule has 62 valence electrons. The van der Waals surface area contributed by atoms with Gasteiger partial charge in [-0.2, -0.15) is 0 Å². The number of rotatable bonds is 6. The average Bonchev–Trinajstić information content (AvgIpc) is 1.87. The maximum atomic E-state index is 11.6. The number of unbranched alkanes of at least 4 members (excludes halogenated alkanes) is 1. The molecule has 0 N–H and O–H groups in total. The first-order valence-corrected chi connectivity index (χ1v) is 6.05. The molecule has 0 spiro atoms. The van der Waals surface area contributed by atoms with Gasteiger partial charge in [0.05, 0.1) is 0 Å². The second kappa shape index (κ2) is 7.19. The van der Waals surface area contributed by atoms with Crippen molar-refractivity contribution in [2.24, 2.45) is 0 Å². The summed E-state index contributed by atoms with van der Waals surface area (Å²) in [7, 11) is 0.132. The van der Waals surface area contributed by atoms with E-state index in [1.807, 2.05) is 0 Å². The van der Waals surface area contributed by atoms with Gasteiger partial charge in [-0.3, -0.25) is 0 Å². The zero-order valence-electron chi connectivity index (χ0n) is 6.58. The molecule has 0 saturated carbocycles. The van der Waals surface area contributed by atoms with Crippen LogP contribution in [0.1, 0.15) is 26.2 Å². The Labute approximate surface area is 63.8 Å². The van der Waals surface area contributed by atoms with Crippen molar-refractivity contribution in [1.29, 1.82) is 0 Å². The summed E-state index contributed by atoms with van der Waals surface area (Å²) in [4.78, 5) is 0. The van der Waals surface area contributed by atoms with E-state index in [1.165, 1.54) is 12.1 Å². The van der Waals surface area contributed by atoms with Gasteiger partial charge in [0.25, 0.3) is 0 Å². The Morgan fingerprint density at radius 3 is 2.50 bits per heavy atom. The minimum absolute atomic E-state index is 0.109. The third-order valence-electron chi connectivity index (χ3n) is 1.53. The van der Waals surface area contributed by atoms with Crippen molar-refractivity contribution in [1.82, 2.24) is 0 Å². The molecule has 0 aliphatic carbocycles. The lowest BCUT2D eigenvalue weighted by Crippen LogP contribution is -1.91. The number of hydrogen-bond acceptors (Lipinski definition) is 0. The third-order valence-corrected chi connectivity index (χ3v) is 3.23. The van der Waals surface area contributed by atoms with E-state index in [-0.39, 0.29) is 15.9 Å². The Bertz CT molecular complexity index is 66.6. The topological polar surface area (TPSA) is 0 Å². The lowest BCUT2D eigenvalue weighted by Gasteiger charge is -1.97. The molecule has 10 heavy (non-hydrogen) atoms. The fourth-order valence-electron chi connectivity index (χ4n) is 0.902. The van der Waals surface area contributed by atoms with Crippen LogP contribution in [0.15, 0.2) is 0 Å². The molecule has 0 amide bonds.